The normalized spacial score (nSPS) is 11.2. The largest absolute Gasteiger partial charge is 0.329 e. The van der Waals surface area contributed by atoms with Gasteiger partial charge in [-0.3, -0.25) is 14.3 Å². The molecule has 0 bridgehead atoms. The van der Waals surface area contributed by atoms with Crippen LogP contribution in [0.2, 0.25) is 5.15 Å². The molecular formula is C12H20ClN3O2. The van der Waals surface area contributed by atoms with Crippen molar-refractivity contribution in [3.05, 3.63) is 31.6 Å². The highest BCUT2D eigenvalue weighted by atomic mass is 35.5. The summed E-state index contributed by atoms with van der Waals surface area (Å²) in [5.74, 6) is 0. The topological polar surface area (TPSA) is 58.1 Å². The Kier molecular flexibility index (Phi) is 5.62. The molecule has 0 fully saturated rings. The first kappa shape index (κ1) is 15.0. The van der Waals surface area contributed by atoms with Crippen LogP contribution in [0.5, 0.6) is 0 Å². The molecule has 1 rings (SSSR count). The molecule has 1 N–H and O–H groups in total. The van der Waals surface area contributed by atoms with Crippen LogP contribution in [0, 0.1) is 0 Å². The minimum absolute atomic E-state index is 0.164. The minimum atomic E-state index is -0.424. The van der Waals surface area contributed by atoms with E-state index in [1.54, 1.807) is 0 Å². The predicted molar refractivity (Wildman–Crippen MR) is 73.5 cm³/mol. The molecule has 0 aliphatic carbocycles. The number of nitrogens with one attached hydrogen (secondary N) is 1. The number of nitrogens with zero attached hydrogens (tertiary/aromatic N) is 2. The molecule has 0 saturated carbocycles. The Morgan fingerprint density at radius 3 is 2.50 bits per heavy atom. The first-order chi connectivity index (χ1) is 8.47. The fourth-order valence-corrected chi connectivity index (χ4v) is 2.09. The van der Waals surface area contributed by atoms with E-state index in [2.05, 4.69) is 9.88 Å². The molecule has 0 spiro atoms. The van der Waals surface area contributed by atoms with Crippen LogP contribution in [0.1, 0.15) is 25.3 Å². The van der Waals surface area contributed by atoms with Crippen molar-refractivity contribution in [1.82, 2.24) is 14.5 Å². The number of hydrogen-bond acceptors (Lipinski definition) is 3. The maximum absolute atomic E-state index is 12.0. The second-order valence-corrected chi connectivity index (χ2v) is 4.92. The molecule has 0 aromatic carbocycles. The number of H-pyrrole nitrogens is 1. The highest BCUT2D eigenvalue weighted by molar-refractivity contribution is 6.30. The standard InChI is InChI=1S/C12H20ClN3O2/c1-4-9-10(13)14-12(18)16(11(9)17)8-6-5-7-15(2)3/h4-8H2,1-3H3,(H,14,18). The summed E-state index contributed by atoms with van der Waals surface area (Å²) >= 11 is 5.83. The summed E-state index contributed by atoms with van der Waals surface area (Å²) in [5, 5.41) is 0.164. The number of aromatic amines is 1. The van der Waals surface area contributed by atoms with Gasteiger partial charge in [0.25, 0.3) is 5.56 Å². The summed E-state index contributed by atoms with van der Waals surface area (Å²) < 4.78 is 1.24. The van der Waals surface area contributed by atoms with Gasteiger partial charge in [0.2, 0.25) is 0 Å². The number of halogens is 1. The molecule has 0 aliphatic rings. The van der Waals surface area contributed by atoms with Crippen LogP contribution in [-0.4, -0.2) is 35.1 Å². The molecule has 0 aliphatic heterocycles. The van der Waals surface area contributed by atoms with Crippen LogP contribution in [0.25, 0.3) is 0 Å². The van der Waals surface area contributed by atoms with Gasteiger partial charge in [0, 0.05) is 6.54 Å². The van der Waals surface area contributed by atoms with Gasteiger partial charge in [0.1, 0.15) is 5.15 Å². The van der Waals surface area contributed by atoms with E-state index in [4.69, 9.17) is 11.6 Å². The third-order valence-corrected chi connectivity index (χ3v) is 3.14. The molecule has 0 radical (unpaired) electrons. The zero-order valence-corrected chi connectivity index (χ0v) is 11.9. The van der Waals surface area contributed by atoms with Gasteiger partial charge in [0.05, 0.1) is 5.56 Å². The summed E-state index contributed by atoms with van der Waals surface area (Å²) in [6, 6.07) is 0. The number of unbranched alkanes of at least 4 members (excludes halogenated alkanes) is 1. The SMILES string of the molecule is CCc1c(Cl)[nH]c(=O)n(CCCCN(C)C)c1=O. The van der Waals surface area contributed by atoms with Crippen LogP contribution in [-0.2, 0) is 13.0 Å². The van der Waals surface area contributed by atoms with Crippen molar-refractivity contribution in [1.29, 1.82) is 0 Å². The van der Waals surface area contributed by atoms with E-state index in [1.165, 1.54) is 4.57 Å². The zero-order valence-electron chi connectivity index (χ0n) is 11.1. The molecule has 18 heavy (non-hydrogen) atoms. The van der Waals surface area contributed by atoms with Gasteiger partial charge in [-0.1, -0.05) is 18.5 Å². The van der Waals surface area contributed by atoms with Crippen molar-refractivity contribution in [2.45, 2.75) is 32.7 Å². The van der Waals surface area contributed by atoms with Crippen molar-refractivity contribution in [3.8, 4) is 0 Å². The summed E-state index contributed by atoms with van der Waals surface area (Å²) in [5.41, 5.74) is -0.216. The minimum Gasteiger partial charge on any atom is -0.309 e. The predicted octanol–water partition coefficient (Wildman–Crippen LogP) is 1.09. The molecule has 1 aromatic heterocycles. The lowest BCUT2D eigenvalue weighted by Crippen LogP contribution is -2.37. The molecule has 0 atom stereocenters. The monoisotopic (exact) mass is 273 g/mol. The van der Waals surface area contributed by atoms with Crippen LogP contribution in [0.3, 0.4) is 0 Å². The maximum Gasteiger partial charge on any atom is 0.329 e. The van der Waals surface area contributed by atoms with Gasteiger partial charge >= 0.3 is 5.69 Å². The van der Waals surface area contributed by atoms with E-state index in [1.807, 2.05) is 21.0 Å². The van der Waals surface area contributed by atoms with Crippen molar-refractivity contribution >= 4 is 11.6 Å². The van der Waals surface area contributed by atoms with Crippen LogP contribution in [0.4, 0.5) is 0 Å². The molecule has 1 aromatic rings. The average molecular weight is 274 g/mol. The van der Waals surface area contributed by atoms with Crippen molar-refractivity contribution in [2.75, 3.05) is 20.6 Å². The molecule has 6 heteroatoms. The van der Waals surface area contributed by atoms with Crippen LogP contribution in [0.15, 0.2) is 9.59 Å². The summed E-state index contributed by atoms with van der Waals surface area (Å²) in [7, 11) is 3.99. The van der Waals surface area contributed by atoms with Gasteiger partial charge in [-0.15, -0.1) is 0 Å². The molecule has 0 unspecified atom stereocenters. The van der Waals surface area contributed by atoms with E-state index >= 15 is 0 Å². The molecule has 0 saturated heterocycles. The highest BCUT2D eigenvalue weighted by Crippen LogP contribution is 2.06. The zero-order chi connectivity index (χ0) is 13.7. The van der Waals surface area contributed by atoms with E-state index < -0.39 is 5.69 Å². The summed E-state index contributed by atoms with van der Waals surface area (Å²) in [6.07, 6.45) is 2.26. The lowest BCUT2D eigenvalue weighted by Gasteiger charge is -2.10. The van der Waals surface area contributed by atoms with E-state index in [0.29, 0.717) is 18.5 Å². The summed E-state index contributed by atoms with van der Waals surface area (Å²) in [4.78, 5) is 28.3. The molecular weight excluding hydrogens is 254 g/mol. The third-order valence-electron chi connectivity index (χ3n) is 2.82. The Morgan fingerprint density at radius 2 is 1.94 bits per heavy atom. The number of hydrogen-bond donors (Lipinski definition) is 1. The summed E-state index contributed by atoms with van der Waals surface area (Å²) in [6.45, 7) is 3.23. The Balaban J connectivity index is 2.83. The second-order valence-electron chi connectivity index (χ2n) is 4.54. The number of rotatable bonds is 6. The van der Waals surface area contributed by atoms with Gasteiger partial charge in [0.15, 0.2) is 0 Å². The Labute approximate surface area is 111 Å². The molecule has 102 valence electrons. The molecule has 0 amide bonds. The van der Waals surface area contributed by atoms with E-state index in [-0.39, 0.29) is 10.7 Å². The Bertz CT molecular complexity index is 505. The lowest BCUT2D eigenvalue weighted by molar-refractivity contribution is 0.385. The van der Waals surface area contributed by atoms with Gasteiger partial charge in [-0.05, 0) is 39.9 Å². The molecule has 5 nitrogen and oxygen atoms in total. The number of aromatic nitrogens is 2. The van der Waals surface area contributed by atoms with Crippen molar-refractivity contribution in [2.24, 2.45) is 0 Å². The third kappa shape index (κ3) is 3.71. The van der Waals surface area contributed by atoms with Crippen LogP contribution >= 0.6 is 11.6 Å². The first-order valence-corrected chi connectivity index (χ1v) is 6.51. The van der Waals surface area contributed by atoms with Crippen LogP contribution < -0.4 is 11.2 Å². The smallest absolute Gasteiger partial charge is 0.309 e. The van der Waals surface area contributed by atoms with E-state index in [9.17, 15) is 9.59 Å². The van der Waals surface area contributed by atoms with Crippen molar-refractivity contribution in [3.63, 3.8) is 0 Å². The fourth-order valence-electron chi connectivity index (χ4n) is 1.79. The highest BCUT2D eigenvalue weighted by Gasteiger charge is 2.10. The van der Waals surface area contributed by atoms with Gasteiger partial charge < -0.3 is 4.90 Å². The van der Waals surface area contributed by atoms with E-state index in [0.717, 1.165) is 19.4 Å². The fraction of sp³-hybridized carbons (Fsp3) is 0.667. The van der Waals surface area contributed by atoms with Gasteiger partial charge in [-0.25, -0.2) is 4.79 Å². The lowest BCUT2D eigenvalue weighted by atomic mass is 10.2. The Morgan fingerprint density at radius 1 is 1.28 bits per heavy atom. The van der Waals surface area contributed by atoms with Gasteiger partial charge in [-0.2, -0.15) is 0 Å². The van der Waals surface area contributed by atoms with Crippen molar-refractivity contribution < 1.29 is 0 Å². The second kappa shape index (κ2) is 6.75. The average Bonchev–Trinajstić information content (AvgIpc) is 2.27. The maximum atomic E-state index is 12.0. The molecule has 1 heterocycles. The first-order valence-electron chi connectivity index (χ1n) is 6.13. The quantitative estimate of drug-likeness (QED) is 0.624. The Hall–Kier alpha value is -1.07.